The average Bonchev–Trinajstić information content (AvgIpc) is 2.34. The molecule has 0 atom stereocenters. The van der Waals surface area contributed by atoms with Crippen LogP contribution in [-0.4, -0.2) is 4.57 Å². The van der Waals surface area contributed by atoms with Gasteiger partial charge in [0.05, 0.1) is 5.56 Å². The van der Waals surface area contributed by atoms with Crippen molar-refractivity contribution < 1.29 is 0 Å². The van der Waals surface area contributed by atoms with Gasteiger partial charge >= 0.3 is 0 Å². The molecule has 0 bridgehead atoms. The molecular weight excluding hydrogens is 112 g/mol. The Balaban J connectivity index is 2.90. The second kappa shape index (κ2) is 2.36. The van der Waals surface area contributed by atoms with E-state index in [1.165, 1.54) is 0 Å². The van der Waals surface area contributed by atoms with Gasteiger partial charge in [-0.1, -0.05) is 0 Å². The van der Waals surface area contributed by atoms with Crippen LogP contribution in [0.3, 0.4) is 0 Å². The number of nitriles is 1. The van der Waals surface area contributed by atoms with E-state index in [9.17, 15) is 0 Å². The maximum atomic E-state index is 8.38. The van der Waals surface area contributed by atoms with Gasteiger partial charge in [0.25, 0.3) is 0 Å². The molecule has 1 aromatic heterocycles. The van der Waals surface area contributed by atoms with Gasteiger partial charge in [0.2, 0.25) is 0 Å². The number of aryl methyl sites for hydroxylation is 1. The lowest BCUT2D eigenvalue weighted by molar-refractivity contribution is 0.768. The summed E-state index contributed by atoms with van der Waals surface area (Å²) in [5, 5.41) is 8.38. The van der Waals surface area contributed by atoms with Gasteiger partial charge in [-0.2, -0.15) is 5.26 Å². The summed E-state index contributed by atoms with van der Waals surface area (Å²) in [6.45, 7) is 2.98. The quantitative estimate of drug-likeness (QED) is 0.550. The van der Waals surface area contributed by atoms with E-state index in [1.807, 2.05) is 30.0 Å². The zero-order valence-electron chi connectivity index (χ0n) is 5.33. The van der Waals surface area contributed by atoms with Crippen molar-refractivity contribution >= 4 is 0 Å². The van der Waals surface area contributed by atoms with Gasteiger partial charge in [-0.25, -0.2) is 0 Å². The van der Waals surface area contributed by atoms with Crippen LogP contribution >= 0.6 is 0 Å². The zero-order chi connectivity index (χ0) is 6.69. The lowest BCUT2D eigenvalue weighted by Gasteiger charge is -1.90. The predicted molar refractivity (Wildman–Crippen MR) is 34.8 cm³/mol. The highest BCUT2D eigenvalue weighted by Crippen LogP contribution is 1.97. The summed E-state index contributed by atoms with van der Waals surface area (Å²) < 4.78 is 1.97. The van der Waals surface area contributed by atoms with E-state index in [2.05, 4.69) is 6.07 Å². The fourth-order valence-corrected chi connectivity index (χ4v) is 0.704. The second-order valence-electron chi connectivity index (χ2n) is 1.84. The molecule has 0 radical (unpaired) electrons. The molecule has 1 aromatic rings. The lowest BCUT2D eigenvalue weighted by atomic mass is 10.4. The molecule has 0 unspecified atom stereocenters. The van der Waals surface area contributed by atoms with Gasteiger partial charge < -0.3 is 4.57 Å². The molecular formula is C7H8N2. The molecule has 2 heteroatoms. The first kappa shape index (κ1) is 5.90. The molecule has 1 rings (SSSR count). The number of rotatable bonds is 1. The summed E-state index contributed by atoms with van der Waals surface area (Å²) >= 11 is 0. The van der Waals surface area contributed by atoms with E-state index < -0.39 is 0 Å². The summed E-state index contributed by atoms with van der Waals surface area (Å²) in [7, 11) is 0. The Morgan fingerprint density at radius 1 is 1.78 bits per heavy atom. The number of nitrogens with zero attached hydrogens (tertiary/aromatic N) is 2. The standard InChI is InChI=1S/C7H8N2/c1-2-9-4-3-7(5-8)6-9/h3-4,6H,2H2,1H3. The van der Waals surface area contributed by atoms with Crippen LogP contribution in [-0.2, 0) is 6.54 Å². The summed E-state index contributed by atoms with van der Waals surface area (Å²) in [6.07, 6.45) is 3.73. The number of aromatic nitrogens is 1. The lowest BCUT2D eigenvalue weighted by Crippen LogP contribution is -1.86. The van der Waals surface area contributed by atoms with Gasteiger partial charge in [-0.3, -0.25) is 0 Å². The SMILES string of the molecule is CCn1ccc(C#N)c1. The highest BCUT2D eigenvalue weighted by atomic mass is 14.9. The van der Waals surface area contributed by atoms with Crippen molar-refractivity contribution in [1.29, 1.82) is 5.26 Å². The fourth-order valence-electron chi connectivity index (χ4n) is 0.704. The van der Waals surface area contributed by atoms with Gasteiger partial charge in [0.15, 0.2) is 0 Å². The van der Waals surface area contributed by atoms with Crippen molar-refractivity contribution in [3.8, 4) is 6.07 Å². The van der Waals surface area contributed by atoms with Crippen LogP contribution < -0.4 is 0 Å². The van der Waals surface area contributed by atoms with E-state index in [1.54, 1.807) is 0 Å². The van der Waals surface area contributed by atoms with Crippen LogP contribution in [0.25, 0.3) is 0 Å². The smallest absolute Gasteiger partial charge is 0.101 e. The van der Waals surface area contributed by atoms with Crippen molar-refractivity contribution in [2.75, 3.05) is 0 Å². The van der Waals surface area contributed by atoms with Crippen LogP contribution in [0, 0.1) is 11.3 Å². The molecule has 1 heterocycles. The summed E-state index contributed by atoms with van der Waals surface area (Å²) in [6, 6.07) is 3.87. The number of hydrogen-bond acceptors (Lipinski definition) is 1. The molecule has 0 aliphatic heterocycles. The maximum absolute atomic E-state index is 8.38. The minimum atomic E-state index is 0.733. The highest BCUT2D eigenvalue weighted by Gasteiger charge is 1.89. The van der Waals surface area contributed by atoms with E-state index in [-0.39, 0.29) is 0 Å². The van der Waals surface area contributed by atoms with E-state index in [4.69, 9.17) is 5.26 Å². The first-order valence-electron chi connectivity index (χ1n) is 2.92. The molecule has 0 N–H and O–H groups in total. The van der Waals surface area contributed by atoms with Gasteiger partial charge in [0, 0.05) is 18.9 Å². The molecule has 0 spiro atoms. The molecule has 0 aliphatic rings. The number of hydrogen-bond donors (Lipinski definition) is 0. The summed E-state index contributed by atoms with van der Waals surface area (Å²) in [5.41, 5.74) is 0.733. The Kier molecular flexibility index (Phi) is 1.55. The molecule has 9 heavy (non-hydrogen) atoms. The average molecular weight is 120 g/mol. The molecule has 0 aromatic carbocycles. The third-order valence-corrected chi connectivity index (χ3v) is 1.24. The van der Waals surface area contributed by atoms with Gasteiger partial charge in [0.1, 0.15) is 6.07 Å². The fraction of sp³-hybridized carbons (Fsp3) is 0.286. The normalized spacial score (nSPS) is 8.89. The van der Waals surface area contributed by atoms with Crippen LogP contribution in [0.4, 0.5) is 0 Å². The van der Waals surface area contributed by atoms with E-state index in [0.717, 1.165) is 12.1 Å². The van der Waals surface area contributed by atoms with Crippen molar-refractivity contribution in [1.82, 2.24) is 4.57 Å². The summed E-state index contributed by atoms with van der Waals surface area (Å²) in [5.74, 6) is 0. The molecule has 0 saturated heterocycles. The molecule has 0 aliphatic carbocycles. The van der Waals surface area contributed by atoms with Crippen LogP contribution in [0.2, 0.25) is 0 Å². The Hall–Kier alpha value is -1.23. The monoisotopic (exact) mass is 120 g/mol. The third kappa shape index (κ3) is 1.11. The van der Waals surface area contributed by atoms with E-state index in [0.29, 0.717) is 0 Å². The minimum absolute atomic E-state index is 0.733. The Bertz CT molecular complexity index is 229. The maximum Gasteiger partial charge on any atom is 0.101 e. The van der Waals surface area contributed by atoms with Crippen molar-refractivity contribution in [2.24, 2.45) is 0 Å². The molecule has 0 amide bonds. The van der Waals surface area contributed by atoms with Crippen LogP contribution in [0.5, 0.6) is 0 Å². The Morgan fingerprint density at radius 2 is 2.56 bits per heavy atom. The molecule has 46 valence electrons. The van der Waals surface area contributed by atoms with E-state index >= 15 is 0 Å². The predicted octanol–water partition coefficient (Wildman–Crippen LogP) is 1.38. The first-order chi connectivity index (χ1) is 4.36. The first-order valence-corrected chi connectivity index (χ1v) is 2.92. The topological polar surface area (TPSA) is 28.7 Å². The van der Waals surface area contributed by atoms with Crippen molar-refractivity contribution in [2.45, 2.75) is 13.5 Å². The zero-order valence-corrected chi connectivity index (χ0v) is 5.33. The van der Waals surface area contributed by atoms with Gasteiger partial charge in [-0.15, -0.1) is 0 Å². The third-order valence-electron chi connectivity index (χ3n) is 1.24. The van der Waals surface area contributed by atoms with Crippen molar-refractivity contribution in [3.63, 3.8) is 0 Å². The second-order valence-corrected chi connectivity index (χ2v) is 1.84. The molecule has 0 saturated carbocycles. The highest BCUT2D eigenvalue weighted by molar-refractivity contribution is 5.25. The Morgan fingerprint density at radius 3 is 2.89 bits per heavy atom. The molecule has 2 nitrogen and oxygen atoms in total. The van der Waals surface area contributed by atoms with Crippen LogP contribution in [0.15, 0.2) is 18.5 Å². The molecule has 0 fully saturated rings. The largest absolute Gasteiger partial charge is 0.353 e. The summed E-state index contributed by atoms with van der Waals surface area (Å²) in [4.78, 5) is 0. The van der Waals surface area contributed by atoms with Crippen molar-refractivity contribution in [3.05, 3.63) is 24.0 Å². The Labute approximate surface area is 54.3 Å². The minimum Gasteiger partial charge on any atom is -0.353 e. The van der Waals surface area contributed by atoms with Crippen LogP contribution in [0.1, 0.15) is 12.5 Å². The van der Waals surface area contributed by atoms with Gasteiger partial charge in [-0.05, 0) is 13.0 Å².